The van der Waals surface area contributed by atoms with E-state index in [-0.39, 0.29) is 11.5 Å². The van der Waals surface area contributed by atoms with Gasteiger partial charge >= 0.3 is 0 Å². The van der Waals surface area contributed by atoms with Gasteiger partial charge in [-0.3, -0.25) is 4.98 Å². The predicted octanol–water partition coefficient (Wildman–Crippen LogP) is 2.58. The third-order valence-corrected chi connectivity index (χ3v) is 3.07. The van der Waals surface area contributed by atoms with E-state index in [1.165, 1.54) is 23.5 Å². The lowest BCUT2D eigenvalue weighted by Crippen LogP contribution is -1.89. The molecule has 5 nitrogen and oxygen atoms in total. The quantitative estimate of drug-likeness (QED) is 0.718. The molecule has 1 aromatic carbocycles. The first-order valence-electron chi connectivity index (χ1n) is 5.02. The van der Waals surface area contributed by atoms with E-state index >= 15 is 0 Å². The van der Waals surface area contributed by atoms with Gasteiger partial charge in [0.15, 0.2) is 0 Å². The zero-order chi connectivity index (χ0) is 12.5. The molecule has 0 unspecified atom stereocenters. The minimum Gasteiger partial charge on any atom is -0.399 e. The molecule has 0 radical (unpaired) electrons. The van der Waals surface area contributed by atoms with Crippen LogP contribution in [0.15, 0.2) is 34.4 Å². The fourth-order valence-electron chi connectivity index (χ4n) is 1.46. The molecule has 7 heteroatoms. The highest BCUT2D eigenvalue weighted by atomic mass is 32.1. The summed E-state index contributed by atoms with van der Waals surface area (Å²) in [7, 11) is 0. The summed E-state index contributed by atoms with van der Waals surface area (Å²) in [5, 5.41) is 3.78. The van der Waals surface area contributed by atoms with Crippen LogP contribution in [0.4, 0.5) is 10.1 Å². The lowest BCUT2D eigenvalue weighted by Gasteiger charge is -1.97. The molecule has 0 atom stereocenters. The van der Waals surface area contributed by atoms with Gasteiger partial charge in [-0.05, 0) is 18.2 Å². The highest BCUT2D eigenvalue weighted by Gasteiger charge is 2.15. The van der Waals surface area contributed by atoms with Crippen LogP contribution >= 0.6 is 11.3 Å². The monoisotopic (exact) mass is 262 g/mol. The molecule has 0 aliphatic heterocycles. The van der Waals surface area contributed by atoms with Gasteiger partial charge in [-0.1, -0.05) is 5.16 Å². The molecule has 3 aromatic rings. The highest BCUT2D eigenvalue weighted by molar-refractivity contribution is 7.13. The van der Waals surface area contributed by atoms with Crippen LogP contribution in [-0.4, -0.2) is 15.1 Å². The van der Waals surface area contributed by atoms with Crippen LogP contribution in [0.2, 0.25) is 0 Å². The number of nitrogens with two attached hydrogens (primary N) is 1. The van der Waals surface area contributed by atoms with Gasteiger partial charge in [-0.2, -0.15) is 4.98 Å². The van der Waals surface area contributed by atoms with E-state index in [0.717, 1.165) is 4.88 Å². The number of halogens is 1. The van der Waals surface area contributed by atoms with Crippen LogP contribution < -0.4 is 5.73 Å². The Bertz CT molecular complexity index is 680. The lowest BCUT2D eigenvalue weighted by molar-refractivity contribution is 0.430. The number of rotatable bonds is 2. The topological polar surface area (TPSA) is 77.8 Å². The lowest BCUT2D eigenvalue weighted by atomic mass is 10.2. The van der Waals surface area contributed by atoms with Crippen molar-refractivity contribution in [2.75, 3.05) is 5.73 Å². The van der Waals surface area contributed by atoms with Crippen molar-refractivity contribution < 1.29 is 8.91 Å². The van der Waals surface area contributed by atoms with Gasteiger partial charge in [-0.15, -0.1) is 11.3 Å². The highest BCUT2D eigenvalue weighted by Crippen LogP contribution is 2.26. The summed E-state index contributed by atoms with van der Waals surface area (Å²) in [6.45, 7) is 0. The molecule has 0 bridgehead atoms. The van der Waals surface area contributed by atoms with Gasteiger partial charge in [0.1, 0.15) is 5.82 Å². The first kappa shape index (κ1) is 10.8. The smallest absolute Gasteiger partial charge is 0.261 e. The largest absolute Gasteiger partial charge is 0.399 e. The zero-order valence-electron chi connectivity index (χ0n) is 9.00. The van der Waals surface area contributed by atoms with E-state index in [9.17, 15) is 4.39 Å². The maximum atomic E-state index is 13.7. The summed E-state index contributed by atoms with van der Waals surface area (Å²) in [4.78, 5) is 8.81. The average molecular weight is 262 g/mol. The van der Waals surface area contributed by atoms with Gasteiger partial charge in [0.25, 0.3) is 5.89 Å². The molecule has 2 N–H and O–H groups in total. The van der Waals surface area contributed by atoms with Crippen molar-refractivity contribution in [1.29, 1.82) is 0 Å². The molecule has 2 aromatic heterocycles. The second-order valence-corrected chi connectivity index (χ2v) is 4.41. The Morgan fingerprint density at radius 1 is 1.33 bits per heavy atom. The normalized spacial score (nSPS) is 10.7. The Morgan fingerprint density at radius 2 is 2.22 bits per heavy atom. The first-order chi connectivity index (χ1) is 8.74. The van der Waals surface area contributed by atoms with Crippen molar-refractivity contribution in [1.82, 2.24) is 15.1 Å². The molecular weight excluding hydrogens is 255 g/mol. The Balaban J connectivity index is 2.03. The van der Waals surface area contributed by atoms with E-state index in [4.69, 9.17) is 10.3 Å². The molecular formula is C11H7FN4OS. The van der Waals surface area contributed by atoms with Crippen LogP contribution in [-0.2, 0) is 0 Å². The molecule has 0 spiro atoms. The predicted molar refractivity (Wildman–Crippen MR) is 65.2 cm³/mol. The summed E-state index contributed by atoms with van der Waals surface area (Å²) in [6.07, 6.45) is 1.62. The molecule has 90 valence electrons. The van der Waals surface area contributed by atoms with Crippen molar-refractivity contribution in [3.8, 4) is 22.2 Å². The van der Waals surface area contributed by atoms with Crippen LogP contribution in [0.3, 0.4) is 0 Å². The van der Waals surface area contributed by atoms with Gasteiger partial charge in [-0.25, -0.2) is 4.39 Å². The van der Waals surface area contributed by atoms with E-state index in [0.29, 0.717) is 11.5 Å². The summed E-state index contributed by atoms with van der Waals surface area (Å²) in [5.74, 6) is 0.0223. The van der Waals surface area contributed by atoms with Crippen molar-refractivity contribution in [2.45, 2.75) is 0 Å². The standard InChI is InChI=1S/C11H7FN4OS/c12-8-3-6(13)1-2-7(8)11-15-10(16-17-11)9-4-14-5-18-9/h1-5H,13H2. The number of hydrogen-bond acceptors (Lipinski definition) is 6. The molecule has 18 heavy (non-hydrogen) atoms. The molecule has 0 saturated heterocycles. The molecule has 0 fully saturated rings. The summed E-state index contributed by atoms with van der Waals surface area (Å²) in [5.41, 5.74) is 7.71. The Kier molecular flexibility index (Phi) is 2.52. The van der Waals surface area contributed by atoms with Crippen molar-refractivity contribution in [3.05, 3.63) is 35.7 Å². The van der Waals surface area contributed by atoms with Crippen molar-refractivity contribution >= 4 is 17.0 Å². The summed E-state index contributed by atoms with van der Waals surface area (Å²) in [6, 6.07) is 4.30. The molecule has 3 rings (SSSR count). The minimum atomic E-state index is -0.491. The van der Waals surface area contributed by atoms with E-state index in [1.807, 2.05) is 0 Å². The fourth-order valence-corrected chi connectivity index (χ4v) is 2.01. The fraction of sp³-hybridized carbons (Fsp3) is 0. The number of hydrogen-bond donors (Lipinski definition) is 1. The van der Waals surface area contributed by atoms with Gasteiger partial charge in [0.2, 0.25) is 5.82 Å². The Hall–Kier alpha value is -2.28. The third kappa shape index (κ3) is 1.84. The number of nitrogens with zero attached hydrogens (tertiary/aromatic N) is 3. The van der Waals surface area contributed by atoms with Crippen LogP contribution in [0, 0.1) is 5.82 Å². The van der Waals surface area contributed by atoms with E-state index in [2.05, 4.69) is 15.1 Å². The minimum absolute atomic E-state index is 0.121. The molecule has 0 saturated carbocycles. The number of benzene rings is 1. The maximum Gasteiger partial charge on any atom is 0.261 e. The average Bonchev–Trinajstić information content (AvgIpc) is 2.99. The van der Waals surface area contributed by atoms with Gasteiger partial charge < -0.3 is 10.3 Å². The van der Waals surface area contributed by atoms with Crippen LogP contribution in [0.5, 0.6) is 0 Å². The third-order valence-electron chi connectivity index (χ3n) is 2.30. The molecule has 2 heterocycles. The second-order valence-electron chi connectivity index (χ2n) is 3.53. The first-order valence-corrected chi connectivity index (χ1v) is 5.90. The summed E-state index contributed by atoms with van der Waals surface area (Å²) < 4.78 is 18.7. The van der Waals surface area contributed by atoms with Crippen LogP contribution in [0.25, 0.3) is 22.2 Å². The molecule has 0 aliphatic rings. The number of nitrogen functional groups attached to an aromatic ring is 1. The van der Waals surface area contributed by atoms with Gasteiger partial charge in [0, 0.05) is 11.9 Å². The molecule has 0 aliphatic carbocycles. The van der Waals surface area contributed by atoms with Crippen molar-refractivity contribution in [2.24, 2.45) is 0 Å². The van der Waals surface area contributed by atoms with Gasteiger partial charge in [0.05, 0.1) is 16.0 Å². The van der Waals surface area contributed by atoms with E-state index < -0.39 is 5.82 Å². The van der Waals surface area contributed by atoms with Crippen LogP contribution in [0.1, 0.15) is 0 Å². The molecule has 0 amide bonds. The number of thiazole rings is 1. The van der Waals surface area contributed by atoms with E-state index in [1.54, 1.807) is 17.8 Å². The SMILES string of the molecule is Nc1ccc(-c2nc(-c3cncs3)no2)c(F)c1. The number of anilines is 1. The Labute approximate surface area is 105 Å². The maximum absolute atomic E-state index is 13.7. The number of aromatic nitrogens is 3. The second kappa shape index (κ2) is 4.19. The van der Waals surface area contributed by atoms with Crippen molar-refractivity contribution in [3.63, 3.8) is 0 Å². The Morgan fingerprint density at radius 3 is 2.94 bits per heavy atom. The zero-order valence-corrected chi connectivity index (χ0v) is 9.82. The summed E-state index contributed by atoms with van der Waals surface area (Å²) >= 11 is 1.38.